The maximum Gasteiger partial charge on any atom is 0.257 e. The average Bonchev–Trinajstić information content (AvgIpc) is 3.27. The van der Waals surface area contributed by atoms with Crippen LogP contribution >= 0.6 is 0 Å². The number of methoxy groups -OCH3 is 3. The Kier molecular flexibility index (Phi) is 5.49. The van der Waals surface area contributed by atoms with Crippen molar-refractivity contribution in [2.24, 2.45) is 0 Å². The van der Waals surface area contributed by atoms with E-state index in [1.807, 2.05) is 41.3 Å². The molecular weight excluding hydrogens is 372 g/mol. The molecule has 0 spiro atoms. The van der Waals surface area contributed by atoms with Crippen molar-refractivity contribution in [2.75, 3.05) is 39.8 Å². The lowest BCUT2D eigenvalue weighted by Crippen LogP contribution is -2.46. The van der Waals surface area contributed by atoms with E-state index in [4.69, 9.17) is 18.9 Å². The van der Waals surface area contributed by atoms with Crippen LogP contribution in [0.5, 0.6) is 17.2 Å². The number of carbonyl (C=O) groups is 1. The molecule has 0 bridgehead atoms. The van der Waals surface area contributed by atoms with Gasteiger partial charge in [-0.15, -0.1) is 0 Å². The Morgan fingerprint density at radius 1 is 1.10 bits per heavy atom. The number of hydrogen-bond acceptors (Lipinski definition) is 6. The summed E-state index contributed by atoms with van der Waals surface area (Å²) in [5.74, 6) is 1.60. The number of benzene rings is 2. The van der Waals surface area contributed by atoms with Gasteiger partial charge >= 0.3 is 0 Å². The van der Waals surface area contributed by atoms with Gasteiger partial charge in [-0.25, -0.2) is 0 Å². The lowest BCUT2D eigenvalue weighted by Gasteiger charge is -2.39. The molecule has 2 aliphatic rings. The van der Waals surface area contributed by atoms with E-state index < -0.39 is 0 Å². The molecule has 2 aliphatic heterocycles. The predicted molar refractivity (Wildman–Crippen MR) is 109 cm³/mol. The maximum atomic E-state index is 13.4. The first-order chi connectivity index (χ1) is 14.2. The summed E-state index contributed by atoms with van der Waals surface area (Å²) in [4.78, 5) is 15.2. The monoisotopic (exact) mass is 398 g/mol. The molecule has 0 aliphatic carbocycles. The zero-order chi connectivity index (χ0) is 20.4. The number of nitrogens with zero attached hydrogens (tertiary/aromatic N) is 1. The van der Waals surface area contributed by atoms with Gasteiger partial charge in [0.15, 0.2) is 11.5 Å². The van der Waals surface area contributed by atoms with Crippen LogP contribution in [0.4, 0.5) is 5.69 Å². The highest BCUT2D eigenvalue weighted by Crippen LogP contribution is 2.42. The van der Waals surface area contributed by atoms with Crippen LogP contribution in [0.1, 0.15) is 34.9 Å². The Morgan fingerprint density at radius 3 is 2.45 bits per heavy atom. The van der Waals surface area contributed by atoms with Crippen molar-refractivity contribution in [3.8, 4) is 17.2 Å². The highest BCUT2D eigenvalue weighted by molar-refractivity contribution is 6.01. The summed E-state index contributed by atoms with van der Waals surface area (Å²) >= 11 is 0. The van der Waals surface area contributed by atoms with Crippen molar-refractivity contribution in [3.63, 3.8) is 0 Å². The summed E-state index contributed by atoms with van der Waals surface area (Å²) in [6.45, 7) is 1.26. The van der Waals surface area contributed by atoms with E-state index in [1.165, 1.54) is 0 Å². The Bertz CT molecular complexity index is 870. The maximum absolute atomic E-state index is 13.4. The fourth-order valence-corrected chi connectivity index (χ4v) is 4.01. The van der Waals surface area contributed by atoms with Gasteiger partial charge in [-0.2, -0.15) is 0 Å². The van der Waals surface area contributed by atoms with Gasteiger partial charge in [0.05, 0.1) is 33.0 Å². The molecule has 0 saturated carbocycles. The van der Waals surface area contributed by atoms with Crippen LogP contribution in [-0.4, -0.2) is 51.4 Å². The van der Waals surface area contributed by atoms with Crippen molar-refractivity contribution in [2.45, 2.75) is 25.1 Å². The highest BCUT2D eigenvalue weighted by Gasteiger charge is 2.36. The number of fused-ring (bicyclic) bond motifs is 1. The van der Waals surface area contributed by atoms with Gasteiger partial charge in [-0.1, -0.05) is 12.1 Å². The number of carbonyl (C=O) groups excluding carboxylic acids is 1. The van der Waals surface area contributed by atoms with Crippen molar-refractivity contribution in [1.29, 1.82) is 0 Å². The van der Waals surface area contributed by atoms with Gasteiger partial charge < -0.3 is 29.2 Å². The Balaban J connectivity index is 1.77. The minimum Gasteiger partial charge on any atom is -0.493 e. The molecule has 7 heteroatoms. The minimum absolute atomic E-state index is 0.0198. The van der Waals surface area contributed by atoms with Gasteiger partial charge in [0.25, 0.3) is 5.91 Å². The Hall–Kier alpha value is -2.93. The zero-order valence-corrected chi connectivity index (χ0v) is 16.9. The van der Waals surface area contributed by atoms with Gasteiger partial charge in [0.1, 0.15) is 6.17 Å². The second kappa shape index (κ2) is 8.21. The molecule has 0 unspecified atom stereocenters. The summed E-state index contributed by atoms with van der Waals surface area (Å²) in [6, 6.07) is 11.3. The minimum atomic E-state index is -0.379. The molecule has 1 fully saturated rings. The highest BCUT2D eigenvalue weighted by atomic mass is 16.5. The molecular formula is C22H26N2O5. The van der Waals surface area contributed by atoms with Crippen molar-refractivity contribution in [3.05, 3.63) is 47.5 Å². The topological polar surface area (TPSA) is 69.3 Å². The molecule has 0 radical (unpaired) electrons. The number of ether oxygens (including phenoxy) is 4. The van der Waals surface area contributed by atoms with E-state index in [-0.39, 0.29) is 18.2 Å². The van der Waals surface area contributed by atoms with Crippen molar-refractivity contribution in [1.82, 2.24) is 4.90 Å². The lowest BCUT2D eigenvalue weighted by molar-refractivity contribution is 0.0426. The summed E-state index contributed by atoms with van der Waals surface area (Å²) in [7, 11) is 4.74. The number of nitrogens with one attached hydrogen (secondary N) is 1. The molecule has 0 aromatic heterocycles. The molecule has 1 amide bonds. The fraction of sp³-hybridized carbons (Fsp3) is 0.409. The summed E-state index contributed by atoms with van der Waals surface area (Å²) < 4.78 is 22.3. The average molecular weight is 398 g/mol. The molecule has 2 atom stereocenters. The quantitative estimate of drug-likeness (QED) is 0.804. The van der Waals surface area contributed by atoms with Crippen LogP contribution in [0.25, 0.3) is 0 Å². The summed E-state index contributed by atoms with van der Waals surface area (Å²) in [5.41, 5.74) is 2.31. The molecule has 1 N–H and O–H groups in total. The normalized spacial score (nSPS) is 20.8. The van der Waals surface area contributed by atoms with Crippen molar-refractivity contribution >= 4 is 11.6 Å². The largest absolute Gasteiger partial charge is 0.493 e. The first kappa shape index (κ1) is 19.4. The first-order valence-corrected chi connectivity index (χ1v) is 9.74. The number of amides is 1. The molecule has 154 valence electrons. The summed E-state index contributed by atoms with van der Waals surface area (Å²) in [6.07, 6.45) is 1.63. The van der Waals surface area contributed by atoms with Crippen LogP contribution in [0.15, 0.2) is 36.4 Å². The third kappa shape index (κ3) is 3.58. The smallest absolute Gasteiger partial charge is 0.257 e. The fourth-order valence-electron chi connectivity index (χ4n) is 4.01. The second-order valence-electron chi connectivity index (χ2n) is 7.14. The van der Waals surface area contributed by atoms with Crippen LogP contribution in [-0.2, 0) is 4.74 Å². The third-order valence-corrected chi connectivity index (χ3v) is 5.45. The van der Waals surface area contributed by atoms with Crippen molar-refractivity contribution < 1.29 is 23.7 Å². The molecule has 4 rings (SSSR count). The van der Waals surface area contributed by atoms with E-state index in [1.54, 1.807) is 21.3 Å². The van der Waals surface area contributed by atoms with E-state index >= 15 is 0 Å². The molecule has 7 nitrogen and oxygen atoms in total. The molecule has 2 aromatic carbocycles. The second-order valence-corrected chi connectivity index (χ2v) is 7.14. The SMILES string of the molecule is COc1cc([C@H]2Nc3ccccc3C(=O)N2C[C@@H]2CCCO2)cc(OC)c1OC. The number of para-hydroxylation sites is 1. The van der Waals surface area contributed by atoms with Gasteiger partial charge in [0, 0.05) is 24.4 Å². The number of rotatable bonds is 6. The van der Waals surface area contributed by atoms with E-state index in [0.717, 1.165) is 30.7 Å². The molecule has 1 saturated heterocycles. The number of hydrogen-bond donors (Lipinski definition) is 1. The third-order valence-electron chi connectivity index (χ3n) is 5.45. The van der Waals surface area contributed by atoms with Crippen LogP contribution in [0.3, 0.4) is 0 Å². The molecule has 29 heavy (non-hydrogen) atoms. The first-order valence-electron chi connectivity index (χ1n) is 9.74. The van der Waals surface area contributed by atoms with Crippen LogP contribution in [0, 0.1) is 0 Å². The van der Waals surface area contributed by atoms with E-state index in [9.17, 15) is 4.79 Å². The summed E-state index contributed by atoms with van der Waals surface area (Å²) in [5, 5.41) is 3.51. The lowest BCUT2D eigenvalue weighted by atomic mass is 10.0. The van der Waals surface area contributed by atoms with Crippen LogP contribution in [0.2, 0.25) is 0 Å². The predicted octanol–water partition coefficient (Wildman–Crippen LogP) is 3.46. The zero-order valence-electron chi connectivity index (χ0n) is 16.9. The Morgan fingerprint density at radius 2 is 1.83 bits per heavy atom. The standard InChI is InChI=1S/C22H26N2O5/c1-26-18-11-14(12-19(27-2)20(18)28-3)21-23-17-9-5-4-8-16(17)22(25)24(21)13-15-7-6-10-29-15/h4-5,8-9,11-12,15,21,23H,6-7,10,13H2,1-3H3/t15-,21-/m0/s1. The van der Waals surface area contributed by atoms with E-state index in [0.29, 0.717) is 29.4 Å². The van der Waals surface area contributed by atoms with Gasteiger partial charge in [0.2, 0.25) is 5.75 Å². The van der Waals surface area contributed by atoms with E-state index in [2.05, 4.69) is 5.32 Å². The molecule has 2 aromatic rings. The van der Waals surface area contributed by atoms with Gasteiger partial charge in [-0.3, -0.25) is 4.79 Å². The van der Waals surface area contributed by atoms with Gasteiger partial charge in [-0.05, 0) is 37.1 Å². The van der Waals surface area contributed by atoms with Crippen LogP contribution < -0.4 is 19.5 Å². The Labute approximate surface area is 170 Å². The number of anilines is 1. The molecule has 2 heterocycles.